The van der Waals surface area contributed by atoms with Crippen LogP contribution >= 0.6 is 11.6 Å². The number of hydrogen-bond acceptors (Lipinski definition) is 6. The van der Waals surface area contributed by atoms with E-state index in [-0.39, 0.29) is 22.7 Å². The van der Waals surface area contributed by atoms with Crippen LogP contribution in [0.2, 0.25) is 5.15 Å². The highest BCUT2D eigenvalue weighted by Crippen LogP contribution is 2.27. The van der Waals surface area contributed by atoms with Crippen molar-refractivity contribution in [1.29, 1.82) is 0 Å². The van der Waals surface area contributed by atoms with E-state index in [1.807, 2.05) is 30.3 Å². The van der Waals surface area contributed by atoms with Gasteiger partial charge in [0.05, 0.1) is 5.69 Å². The molecule has 0 fully saturated rings. The fourth-order valence-electron chi connectivity index (χ4n) is 1.53. The number of benzene rings is 1. The smallest absolute Gasteiger partial charge is 0.342 e. The third-order valence-corrected chi connectivity index (χ3v) is 2.78. The zero-order chi connectivity index (χ0) is 13.9. The molecule has 0 spiro atoms. The van der Waals surface area contributed by atoms with E-state index in [1.165, 1.54) is 12.7 Å². The maximum Gasteiger partial charge on any atom is 0.342 e. The van der Waals surface area contributed by atoms with Gasteiger partial charge in [0.15, 0.2) is 5.15 Å². The molecule has 2 N–H and O–H groups in total. The SMILES string of the molecule is Nc1c(Cl)ncnc1Oc1ncn(-c2ccccc2)n1. The van der Waals surface area contributed by atoms with Gasteiger partial charge in [0.25, 0.3) is 5.88 Å². The van der Waals surface area contributed by atoms with Crippen molar-refractivity contribution < 1.29 is 4.74 Å². The molecule has 0 unspecified atom stereocenters. The molecule has 0 radical (unpaired) electrons. The third-order valence-electron chi connectivity index (χ3n) is 2.48. The van der Waals surface area contributed by atoms with E-state index in [0.29, 0.717) is 0 Å². The lowest BCUT2D eigenvalue weighted by Gasteiger charge is -2.03. The molecule has 20 heavy (non-hydrogen) atoms. The lowest BCUT2D eigenvalue weighted by Crippen LogP contribution is -1.99. The maximum absolute atomic E-state index is 5.78. The second kappa shape index (κ2) is 5.14. The minimum absolute atomic E-state index is 0.121. The summed E-state index contributed by atoms with van der Waals surface area (Å²) in [6.45, 7) is 0. The first-order valence-corrected chi connectivity index (χ1v) is 6.03. The molecule has 0 aliphatic rings. The molecule has 0 aliphatic heterocycles. The second-order valence-electron chi connectivity index (χ2n) is 3.79. The van der Waals surface area contributed by atoms with Crippen molar-refractivity contribution >= 4 is 17.3 Å². The molecular formula is C12H9ClN6O. The Kier molecular flexibility index (Phi) is 3.18. The molecule has 2 aromatic heterocycles. The van der Waals surface area contributed by atoms with Crippen LogP contribution in [0, 0.1) is 0 Å². The number of nitrogens with zero attached hydrogens (tertiary/aromatic N) is 5. The molecule has 1 aromatic carbocycles. The monoisotopic (exact) mass is 288 g/mol. The average Bonchev–Trinajstić information content (AvgIpc) is 2.93. The molecule has 0 aliphatic carbocycles. The summed E-state index contributed by atoms with van der Waals surface area (Å²) in [4.78, 5) is 11.7. The van der Waals surface area contributed by atoms with E-state index >= 15 is 0 Å². The van der Waals surface area contributed by atoms with Gasteiger partial charge < -0.3 is 10.5 Å². The number of aromatic nitrogens is 5. The van der Waals surface area contributed by atoms with Crippen molar-refractivity contribution in [1.82, 2.24) is 24.7 Å². The normalized spacial score (nSPS) is 10.4. The fourth-order valence-corrected chi connectivity index (χ4v) is 1.65. The number of nitrogen functional groups attached to an aromatic ring is 1. The molecule has 0 atom stereocenters. The second-order valence-corrected chi connectivity index (χ2v) is 4.15. The molecule has 3 rings (SSSR count). The summed E-state index contributed by atoms with van der Waals surface area (Å²) in [6, 6.07) is 9.64. The Morgan fingerprint density at radius 3 is 2.70 bits per heavy atom. The van der Waals surface area contributed by atoms with Gasteiger partial charge >= 0.3 is 6.01 Å². The fraction of sp³-hybridized carbons (Fsp3) is 0. The van der Waals surface area contributed by atoms with Gasteiger partial charge in [-0.1, -0.05) is 29.8 Å². The predicted molar refractivity (Wildman–Crippen MR) is 72.9 cm³/mol. The summed E-state index contributed by atoms with van der Waals surface area (Å²) in [7, 11) is 0. The first kappa shape index (κ1) is 12.4. The van der Waals surface area contributed by atoms with Crippen molar-refractivity contribution in [2.24, 2.45) is 0 Å². The summed E-state index contributed by atoms with van der Waals surface area (Å²) in [6.07, 6.45) is 2.78. The van der Waals surface area contributed by atoms with Gasteiger partial charge in [0.1, 0.15) is 18.3 Å². The third kappa shape index (κ3) is 2.39. The van der Waals surface area contributed by atoms with Crippen molar-refractivity contribution in [2.45, 2.75) is 0 Å². The summed E-state index contributed by atoms with van der Waals surface area (Å²) >= 11 is 5.78. The Morgan fingerprint density at radius 2 is 1.90 bits per heavy atom. The van der Waals surface area contributed by atoms with E-state index < -0.39 is 0 Å². The van der Waals surface area contributed by atoms with Crippen LogP contribution in [0.3, 0.4) is 0 Å². The standard InChI is InChI=1S/C12H9ClN6O/c13-10-9(14)11(16-6-15-10)20-12-17-7-19(18-12)8-4-2-1-3-5-8/h1-7H,14H2. The summed E-state index contributed by atoms with van der Waals surface area (Å²) in [5.41, 5.74) is 6.71. The highest BCUT2D eigenvalue weighted by Gasteiger charge is 2.11. The molecule has 7 nitrogen and oxygen atoms in total. The number of ether oxygens (including phenoxy) is 1. The Labute approximate surface area is 119 Å². The number of halogens is 1. The molecule has 100 valence electrons. The quantitative estimate of drug-likeness (QED) is 0.742. The molecule has 3 aromatic rings. The first-order valence-electron chi connectivity index (χ1n) is 5.65. The topological polar surface area (TPSA) is 91.7 Å². The summed E-state index contributed by atoms with van der Waals surface area (Å²) < 4.78 is 6.97. The molecule has 0 amide bonds. The first-order chi connectivity index (χ1) is 9.74. The molecule has 0 bridgehead atoms. The van der Waals surface area contributed by atoms with Crippen LogP contribution in [-0.2, 0) is 0 Å². The van der Waals surface area contributed by atoms with E-state index in [2.05, 4.69) is 20.1 Å². The minimum Gasteiger partial charge on any atom is -0.402 e. The maximum atomic E-state index is 5.78. The predicted octanol–water partition coefficient (Wildman–Crippen LogP) is 2.09. The van der Waals surface area contributed by atoms with Gasteiger partial charge in [-0.25, -0.2) is 9.67 Å². The number of rotatable bonds is 3. The van der Waals surface area contributed by atoms with Gasteiger partial charge in [-0.3, -0.25) is 0 Å². The molecule has 0 saturated carbocycles. The largest absolute Gasteiger partial charge is 0.402 e. The molecule has 8 heteroatoms. The zero-order valence-corrected chi connectivity index (χ0v) is 10.9. The molecular weight excluding hydrogens is 280 g/mol. The summed E-state index contributed by atoms with van der Waals surface area (Å²) in [5.74, 6) is 0.121. The van der Waals surface area contributed by atoms with Crippen LogP contribution in [0.1, 0.15) is 0 Å². The minimum atomic E-state index is 0.121. The number of anilines is 1. The van der Waals surface area contributed by atoms with Crippen LogP contribution in [-0.4, -0.2) is 24.7 Å². The average molecular weight is 289 g/mol. The van der Waals surface area contributed by atoms with Crippen LogP contribution in [0.4, 0.5) is 5.69 Å². The molecule has 0 saturated heterocycles. The highest BCUT2D eigenvalue weighted by molar-refractivity contribution is 6.32. The summed E-state index contributed by atoms with van der Waals surface area (Å²) in [5, 5.41) is 4.29. The van der Waals surface area contributed by atoms with Crippen molar-refractivity contribution in [3.63, 3.8) is 0 Å². The molecule has 2 heterocycles. The van der Waals surface area contributed by atoms with Crippen LogP contribution in [0.15, 0.2) is 43.0 Å². The number of hydrogen-bond donors (Lipinski definition) is 1. The van der Waals surface area contributed by atoms with Gasteiger partial charge in [-0.05, 0) is 12.1 Å². The van der Waals surface area contributed by atoms with Gasteiger partial charge in [0.2, 0.25) is 0 Å². The van der Waals surface area contributed by atoms with E-state index in [9.17, 15) is 0 Å². The lowest BCUT2D eigenvalue weighted by molar-refractivity contribution is 0.426. The zero-order valence-electron chi connectivity index (χ0n) is 10.1. The highest BCUT2D eigenvalue weighted by atomic mass is 35.5. The van der Waals surface area contributed by atoms with Crippen molar-refractivity contribution in [3.8, 4) is 17.6 Å². The van der Waals surface area contributed by atoms with Crippen molar-refractivity contribution in [2.75, 3.05) is 5.73 Å². The van der Waals surface area contributed by atoms with Crippen molar-refractivity contribution in [3.05, 3.63) is 48.1 Å². The Morgan fingerprint density at radius 1 is 1.10 bits per heavy atom. The van der Waals surface area contributed by atoms with E-state index in [4.69, 9.17) is 22.1 Å². The van der Waals surface area contributed by atoms with E-state index in [0.717, 1.165) is 5.69 Å². The van der Waals surface area contributed by atoms with E-state index in [1.54, 1.807) is 4.68 Å². The lowest BCUT2D eigenvalue weighted by atomic mass is 10.3. The Bertz CT molecular complexity index is 730. The van der Waals surface area contributed by atoms with Gasteiger partial charge in [-0.2, -0.15) is 9.97 Å². The van der Waals surface area contributed by atoms with Gasteiger partial charge in [-0.15, -0.1) is 5.10 Å². The Balaban J connectivity index is 1.86. The van der Waals surface area contributed by atoms with Crippen LogP contribution in [0.5, 0.6) is 11.9 Å². The van der Waals surface area contributed by atoms with Crippen LogP contribution in [0.25, 0.3) is 5.69 Å². The van der Waals surface area contributed by atoms with Gasteiger partial charge in [0, 0.05) is 0 Å². The Hall–Kier alpha value is -2.67. The number of para-hydroxylation sites is 1. The number of nitrogens with two attached hydrogens (primary N) is 1. The van der Waals surface area contributed by atoms with Crippen LogP contribution < -0.4 is 10.5 Å².